The zero-order chi connectivity index (χ0) is 20.5. The summed E-state index contributed by atoms with van der Waals surface area (Å²) in [5, 5.41) is 16.3. The van der Waals surface area contributed by atoms with Crippen LogP contribution in [0.4, 0.5) is 10.5 Å². The molecule has 0 saturated carbocycles. The van der Waals surface area contributed by atoms with Gasteiger partial charge in [-0.25, -0.2) is 4.79 Å². The molecule has 9 heteroatoms. The van der Waals surface area contributed by atoms with Crippen LogP contribution < -0.4 is 15.4 Å². The van der Waals surface area contributed by atoms with Crippen LogP contribution in [0.1, 0.15) is 17.2 Å². The number of hydrogen-bond acceptors (Lipinski definition) is 5. The number of non-ortho nitro benzene ring substituents is 1. The van der Waals surface area contributed by atoms with Crippen molar-refractivity contribution in [1.29, 1.82) is 0 Å². The molecule has 9 nitrogen and oxygen atoms in total. The smallest absolute Gasteiger partial charge is 0.319 e. The quantitative estimate of drug-likeness (QED) is 0.596. The summed E-state index contributed by atoms with van der Waals surface area (Å²) < 4.78 is 5.15. The number of methoxy groups -OCH3 is 1. The Morgan fingerprint density at radius 1 is 1.14 bits per heavy atom. The van der Waals surface area contributed by atoms with Crippen molar-refractivity contribution in [2.24, 2.45) is 0 Å². The highest BCUT2D eigenvalue weighted by molar-refractivity contribution is 6.01. The third-order valence-electron chi connectivity index (χ3n) is 4.99. The predicted octanol–water partition coefficient (Wildman–Crippen LogP) is 2.25. The van der Waals surface area contributed by atoms with Crippen molar-refractivity contribution in [2.75, 3.05) is 13.7 Å². The lowest BCUT2D eigenvalue weighted by atomic mass is 9.96. The average molecular weight is 394 g/mol. The summed E-state index contributed by atoms with van der Waals surface area (Å²) in [6.45, 7) is 0.676. The van der Waals surface area contributed by atoms with E-state index in [1.165, 1.54) is 12.1 Å². The molecule has 148 valence electrons. The molecule has 2 aromatic carbocycles. The molecule has 0 bridgehead atoms. The van der Waals surface area contributed by atoms with E-state index >= 15 is 0 Å². The lowest BCUT2D eigenvalue weighted by Gasteiger charge is -2.25. The molecule has 0 saturated heterocycles. The molecule has 2 N–H and O–H groups in total. The molecule has 2 aromatic rings. The highest BCUT2D eigenvalue weighted by atomic mass is 16.6. The van der Waals surface area contributed by atoms with Crippen molar-refractivity contribution in [1.82, 2.24) is 15.5 Å². The fourth-order valence-electron chi connectivity index (χ4n) is 3.55. The van der Waals surface area contributed by atoms with Gasteiger partial charge in [0.25, 0.3) is 11.6 Å². The molecular formula is C20H18N4O5. The van der Waals surface area contributed by atoms with E-state index in [1.54, 1.807) is 24.1 Å². The number of amides is 3. The number of carbonyl (C=O) groups is 2. The number of nitrogens with one attached hydrogen (secondary N) is 2. The van der Waals surface area contributed by atoms with Gasteiger partial charge < -0.3 is 20.3 Å². The van der Waals surface area contributed by atoms with Crippen molar-refractivity contribution in [3.05, 3.63) is 81.0 Å². The SMILES string of the molecule is COc1ccc(CN2CC3=C(C2=O)[C@@H](c2ccc([N+](=O)[O-])cc2)NC(=O)N3)cc1. The van der Waals surface area contributed by atoms with E-state index in [2.05, 4.69) is 10.6 Å². The molecule has 1 atom stereocenters. The number of nitrogens with zero attached hydrogens (tertiary/aromatic N) is 2. The molecule has 4 rings (SSSR count). The Morgan fingerprint density at radius 2 is 1.83 bits per heavy atom. The van der Waals surface area contributed by atoms with Crippen LogP contribution in [-0.2, 0) is 11.3 Å². The molecular weight excluding hydrogens is 376 g/mol. The number of ether oxygens (including phenoxy) is 1. The van der Waals surface area contributed by atoms with Crippen molar-refractivity contribution in [3.8, 4) is 5.75 Å². The molecule has 3 amide bonds. The lowest BCUT2D eigenvalue weighted by Crippen LogP contribution is -2.44. The van der Waals surface area contributed by atoms with Crippen LogP contribution in [0.5, 0.6) is 5.75 Å². The second-order valence-electron chi connectivity index (χ2n) is 6.78. The summed E-state index contributed by atoms with van der Waals surface area (Å²) in [5.41, 5.74) is 2.49. The Morgan fingerprint density at radius 3 is 2.45 bits per heavy atom. The first-order valence-electron chi connectivity index (χ1n) is 8.93. The number of nitro groups is 1. The third-order valence-corrected chi connectivity index (χ3v) is 4.99. The maximum absolute atomic E-state index is 13.1. The summed E-state index contributed by atoms with van der Waals surface area (Å²) >= 11 is 0. The largest absolute Gasteiger partial charge is 0.497 e. The minimum Gasteiger partial charge on any atom is -0.497 e. The second kappa shape index (κ2) is 7.27. The van der Waals surface area contributed by atoms with Gasteiger partial charge in [0, 0.05) is 18.7 Å². The number of hydrogen-bond donors (Lipinski definition) is 2. The summed E-state index contributed by atoms with van der Waals surface area (Å²) in [4.78, 5) is 37.2. The van der Waals surface area contributed by atoms with Gasteiger partial charge in [-0.15, -0.1) is 0 Å². The first-order valence-corrected chi connectivity index (χ1v) is 8.93. The van der Waals surface area contributed by atoms with Gasteiger partial charge in [-0.1, -0.05) is 12.1 Å². The van der Waals surface area contributed by atoms with E-state index in [9.17, 15) is 19.7 Å². The van der Waals surface area contributed by atoms with E-state index in [4.69, 9.17) is 4.74 Å². The molecule has 0 unspecified atom stereocenters. The van der Waals surface area contributed by atoms with E-state index in [0.29, 0.717) is 23.4 Å². The van der Waals surface area contributed by atoms with E-state index in [0.717, 1.165) is 11.3 Å². The standard InChI is InChI=1S/C20H18N4O5/c1-29-15-8-2-12(3-9-15)10-23-11-16-17(19(23)25)18(22-20(26)21-16)13-4-6-14(7-5-13)24(27)28/h2-9,18H,10-11H2,1H3,(H2,21,22,26)/t18-/m1/s1. The highest BCUT2D eigenvalue weighted by Crippen LogP contribution is 2.33. The van der Waals surface area contributed by atoms with Crippen LogP contribution >= 0.6 is 0 Å². The first kappa shape index (κ1) is 18.5. The summed E-state index contributed by atoms with van der Waals surface area (Å²) in [7, 11) is 1.59. The zero-order valence-corrected chi connectivity index (χ0v) is 15.5. The zero-order valence-electron chi connectivity index (χ0n) is 15.5. The molecule has 2 aliphatic heterocycles. The van der Waals surface area contributed by atoms with Gasteiger partial charge in [-0.2, -0.15) is 0 Å². The van der Waals surface area contributed by atoms with E-state index in [-0.39, 0.29) is 18.1 Å². The Balaban J connectivity index is 1.58. The maximum Gasteiger partial charge on any atom is 0.319 e. The van der Waals surface area contributed by atoms with Gasteiger partial charge >= 0.3 is 6.03 Å². The van der Waals surface area contributed by atoms with Crippen molar-refractivity contribution in [3.63, 3.8) is 0 Å². The number of carbonyl (C=O) groups excluding carboxylic acids is 2. The minimum absolute atomic E-state index is 0.0536. The van der Waals surface area contributed by atoms with Gasteiger partial charge in [0.2, 0.25) is 0 Å². The van der Waals surface area contributed by atoms with E-state index < -0.39 is 17.0 Å². The summed E-state index contributed by atoms with van der Waals surface area (Å²) in [5.74, 6) is 0.542. The molecule has 0 aliphatic carbocycles. The topological polar surface area (TPSA) is 114 Å². The molecule has 2 heterocycles. The monoisotopic (exact) mass is 394 g/mol. The molecule has 0 spiro atoms. The van der Waals surface area contributed by atoms with Gasteiger partial charge in [-0.05, 0) is 35.4 Å². The molecule has 0 aromatic heterocycles. The third kappa shape index (κ3) is 3.49. The predicted molar refractivity (Wildman–Crippen MR) is 103 cm³/mol. The van der Waals surface area contributed by atoms with Crippen molar-refractivity contribution < 1.29 is 19.2 Å². The van der Waals surface area contributed by atoms with Crippen LogP contribution in [-0.4, -0.2) is 35.4 Å². The van der Waals surface area contributed by atoms with Crippen LogP contribution in [0, 0.1) is 10.1 Å². The Hall–Kier alpha value is -3.88. The second-order valence-corrected chi connectivity index (χ2v) is 6.78. The molecule has 29 heavy (non-hydrogen) atoms. The number of urea groups is 1. The van der Waals surface area contributed by atoms with Gasteiger partial charge in [0.1, 0.15) is 5.75 Å². The molecule has 0 fully saturated rings. The highest BCUT2D eigenvalue weighted by Gasteiger charge is 2.40. The van der Waals surface area contributed by atoms with Crippen molar-refractivity contribution in [2.45, 2.75) is 12.6 Å². The lowest BCUT2D eigenvalue weighted by molar-refractivity contribution is -0.384. The molecule has 0 radical (unpaired) electrons. The number of rotatable bonds is 5. The van der Waals surface area contributed by atoms with Gasteiger partial charge in [0.05, 0.1) is 35.9 Å². The van der Waals surface area contributed by atoms with Crippen LogP contribution in [0.25, 0.3) is 0 Å². The molecule has 2 aliphatic rings. The fraction of sp³-hybridized carbons (Fsp3) is 0.200. The number of nitro benzene ring substituents is 1. The first-order chi connectivity index (χ1) is 14.0. The summed E-state index contributed by atoms with van der Waals surface area (Å²) in [6.07, 6.45) is 0. The van der Waals surface area contributed by atoms with Crippen LogP contribution in [0.15, 0.2) is 59.8 Å². The maximum atomic E-state index is 13.1. The van der Waals surface area contributed by atoms with Crippen LogP contribution in [0.2, 0.25) is 0 Å². The Labute approximate surface area is 166 Å². The van der Waals surface area contributed by atoms with Gasteiger partial charge in [-0.3, -0.25) is 14.9 Å². The van der Waals surface area contributed by atoms with Gasteiger partial charge in [0.15, 0.2) is 0 Å². The Bertz CT molecular complexity index is 1010. The fourth-order valence-corrected chi connectivity index (χ4v) is 3.55. The Kier molecular flexibility index (Phi) is 4.63. The average Bonchev–Trinajstić information content (AvgIpc) is 3.03. The number of benzene rings is 2. The minimum atomic E-state index is -0.659. The van der Waals surface area contributed by atoms with Crippen molar-refractivity contribution >= 4 is 17.6 Å². The normalized spacial score (nSPS) is 18.2. The van der Waals surface area contributed by atoms with Crippen LogP contribution in [0.3, 0.4) is 0 Å². The van der Waals surface area contributed by atoms with E-state index in [1.807, 2.05) is 24.3 Å². The summed E-state index contributed by atoms with van der Waals surface area (Å²) in [6, 6.07) is 12.2.